The Balaban J connectivity index is 2.05. The van der Waals surface area contributed by atoms with Gasteiger partial charge in [-0.1, -0.05) is 35.0 Å². The van der Waals surface area contributed by atoms with Crippen LogP contribution in [0.1, 0.15) is 33.0 Å². The fourth-order valence-electron chi connectivity index (χ4n) is 1.69. The van der Waals surface area contributed by atoms with Crippen LogP contribution in [-0.4, -0.2) is 5.54 Å². The normalized spacial score (nSPS) is 11.8. The van der Waals surface area contributed by atoms with E-state index in [1.807, 2.05) is 24.3 Å². The van der Waals surface area contributed by atoms with E-state index in [0.29, 0.717) is 0 Å². The van der Waals surface area contributed by atoms with Gasteiger partial charge in [-0.3, -0.25) is 0 Å². The van der Waals surface area contributed by atoms with Crippen molar-refractivity contribution in [1.29, 1.82) is 0 Å². The van der Waals surface area contributed by atoms with Crippen molar-refractivity contribution < 1.29 is 4.42 Å². The van der Waals surface area contributed by atoms with Crippen molar-refractivity contribution in [3.05, 3.63) is 46.6 Å². The van der Waals surface area contributed by atoms with Crippen LogP contribution in [0.5, 0.6) is 0 Å². The molecule has 0 aliphatic carbocycles. The summed E-state index contributed by atoms with van der Waals surface area (Å²) in [5.74, 6) is 1.89. The molecule has 0 fully saturated rings. The Hall–Kier alpha value is -1.06. The van der Waals surface area contributed by atoms with Crippen molar-refractivity contribution in [2.45, 2.75) is 39.3 Å². The summed E-state index contributed by atoms with van der Waals surface area (Å²) in [6.45, 7) is 7.34. The number of furan rings is 1. The fourth-order valence-corrected chi connectivity index (χ4v) is 1.96. The first-order chi connectivity index (χ1) is 9.00. The lowest BCUT2D eigenvalue weighted by molar-refractivity contribution is 0.353. The van der Waals surface area contributed by atoms with Crippen LogP contribution in [0.3, 0.4) is 0 Å². The molecule has 0 aliphatic heterocycles. The van der Waals surface area contributed by atoms with Gasteiger partial charge in [0.25, 0.3) is 0 Å². The molecule has 3 heteroatoms. The first-order valence-corrected chi connectivity index (χ1v) is 7.39. The Morgan fingerprint density at radius 3 is 2.42 bits per heavy atom. The van der Waals surface area contributed by atoms with Gasteiger partial charge in [-0.2, -0.15) is 0 Å². The molecule has 19 heavy (non-hydrogen) atoms. The molecule has 1 aromatic heterocycles. The highest BCUT2D eigenvalue weighted by Crippen LogP contribution is 2.24. The molecule has 1 heterocycles. The highest BCUT2D eigenvalue weighted by molar-refractivity contribution is 9.10. The third kappa shape index (κ3) is 3.95. The molecule has 2 nitrogen and oxygen atoms in total. The Bertz CT molecular complexity index is 528. The summed E-state index contributed by atoms with van der Waals surface area (Å²) in [7, 11) is 0. The van der Waals surface area contributed by atoms with E-state index in [0.717, 1.165) is 34.5 Å². The SMILES string of the molecule is CCC(C)(C)NCc1ccc(-c2ccc(Br)cc2)o1. The maximum atomic E-state index is 5.87. The summed E-state index contributed by atoms with van der Waals surface area (Å²) in [5.41, 5.74) is 1.24. The standard InChI is InChI=1S/C16H20BrNO/c1-4-16(2,3)18-11-14-9-10-15(19-14)12-5-7-13(17)8-6-12/h5-10,18H,4,11H2,1-3H3. The largest absolute Gasteiger partial charge is 0.460 e. The second-order valence-corrected chi connectivity index (χ2v) is 6.28. The van der Waals surface area contributed by atoms with Crippen LogP contribution in [0.2, 0.25) is 0 Å². The minimum Gasteiger partial charge on any atom is -0.460 e. The van der Waals surface area contributed by atoms with Gasteiger partial charge in [0.05, 0.1) is 6.54 Å². The zero-order valence-electron chi connectivity index (χ0n) is 11.7. The molecule has 1 aromatic carbocycles. The zero-order chi connectivity index (χ0) is 13.9. The minimum atomic E-state index is 0.143. The molecule has 1 N–H and O–H groups in total. The summed E-state index contributed by atoms with van der Waals surface area (Å²) in [5, 5.41) is 3.50. The van der Waals surface area contributed by atoms with Crippen LogP contribution in [0.15, 0.2) is 45.3 Å². The Morgan fingerprint density at radius 2 is 1.79 bits per heavy atom. The molecular weight excluding hydrogens is 302 g/mol. The third-order valence-electron chi connectivity index (χ3n) is 3.42. The molecule has 0 unspecified atom stereocenters. The van der Waals surface area contributed by atoms with E-state index in [1.165, 1.54) is 0 Å². The molecule has 0 aliphatic rings. The van der Waals surface area contributed by atoms with Crippen LogP contribution >= 0.6 is 15.9 Å². The molecule has 0 bridgehead atoms. The molecule has 0 atom stereocenters. The van der Waals surface area contributed by atoms with Crippen molar-refractivity contribution in [2.75, 3.05) is 0 Å². The van der Waals surface area contributed by atoms with Gasteiger partial charge in [-0.25, -0.2) is 0 Å². The van der Waals surface area contributed by atoms with Gasteiger partial charge in [0.1, 0.15) is 11.5 Å². The summed E-state index contributed by atoms with van der Waals surface area (Å²) in [4.78, 5) is 0. The van der Waals surface area contributed by atoms with E-state index in [2.05, 4.69) is 54.2 Å². The summed E-state index contributed by atoms with van der Waals surface area (Å²) in [6, 6.07) is 12.2. The second kappa shape index (κ2) is 5.93. The van der Waals surface area contributed by atoms with E-state index in [-0.39, 0.29) is 5.54 Å². The highest BCUT2D eigenvalue weighted by atomic mass is 79.9. The van der Waals surface area contributed by atoms with Gasteiger partial charge < -0.3 is 9.73 Å². The maximum Gasteiger partial charge on any atom is 0.134 e. The van der Waals surface area contributed by atoms with Crippen LogP contribution in [0, 0.1) is 0 Å². The predicted molar refractivity (Wildman–Crippen MR) is 83.1 cm³/mol. The first-order valence-electron chi connectivity index (χ1n) is 6.60. The third-order valence-corrected chi connectivity index (χ3v) is 3.94. The van der Waals surface area contributed by atoms with Crippen molar-refractivity contribution in [3.63, 3.8) is 0 Å². The van der Waals surface area contributed by atoms with Gasteiger partial charge >= 0.3 is 0 Å². The van der Waals surface area contributed by atoms with Gasteiger partial charge in [0.15, 0.2) is 0 Å². The first kappa shape index (κ1) is 14.4. The molecule has 0 amide bonds. The predicted octanol–water partition coefficient (Wildman–Crippen LogP) is 4.99. The smallest absolute Gasteiger partial charge is 0.134 e. The average molecular weight is 322 g/mol. The fraction of sp³-hybridized carbons (Fsp3) is 0.375. The van der Waals surface area contributed by atoms with Crippen molar-refractivity contribution in [3.8, 4) is 11.3 Å². The second-order valence-electron chi connectivity index (χ2n) is 5.36. The van der Waals surface area contributed by atoms with E-state index in [4.69, 9.17) is 4.42 Å². The van der Waals surface area contributed by atoms with Gasteiger partial charge in [0.2, 0.25) is 0 Å². The molecule has 0 saturated carbocycles. The summed E-state index contributed by atoms with van der Waals surface area (Å²) in [6.07, 6.45) is 1.09. The lowest BCUT2D eigenvalue weighted by Gasteiger charge is -2.23. The van der Waals surface area contributed by atoms with Crippen molar-refractivity contribution in [1.82, 2.24) is 5.32 Å². The molecular formula is C16H20BrNO. The van der Waals surface area contributed by atoms with Gasteiger partial charge in [0, 0.05) is 15.6 Å². The van der Waals surface area contributed by atoms with E-state index in [9.17, 15) is 0 Å². The van der Waals surface area contributed by atoms with Gasteiger partial charge in [-0.05, 0) is 44.5 Å². The summed E-state index contributed by atoms with van der Waals surface area (Å²) >= 11 is 3.44. The number of nitrogens with one attached hydrogen (secondary N) is 1. The molecule has 0 saturated heterocycles. The Labute approximate surface area is 123 Å². The monoisotopic (exact) mass is 321 g/mol. The van der Waals surface area contributed by atoms with Crippen molar-refractivity contribution in [2.24, 2.45) is 0 Å². The zero-order valence-corrected chi connectivity index (χ0v) is 13.3. The highest BCUT2D eigenvalue weighted by Gasteiger charge is 2.14. The van der Waals surface area contributed by atoms with Crippen LogP contribution < -0.4 is 5.32 Å². The van der Waals surface area contributed by atoms with Crippen LogP contribution in [0.25, 0.3) is 11.3 Å². The maximum absolute atomic E-state index is 5.87. The molecule has 2 aromatic rings. The van der Waals surface area contributed by atoms with Crippen molar-refractivity contribution >= 4 is 15.9 Å². The van der Waals surface area contributed by atoms with E-state index in [1.54, 1.807) is 0 Å². The lowest BCUT2D eigenvalue weighted by Crippen LogP contribution is -2.37. The molecule has 0 spiro atoms. The van der Waals surface area contributed by atoms with Crippen LogP contribution in [0.4, 0.5) is 0 Å². The Kier molecular flexibility index (Phi) is 4.48. The summed E-state index contributed by atoms with van der Waals surface area (Å²) < 4.78 is 6.95. The van der Waals surface area contributed by atoms with E-state index >= 15 is 0 Å². The Morgan fingerprint density at radius 1 is 1.11 bits per heavy atom. The minimum absolute atomic E-state index is 0.143. The number of hydrogen-bond acceptors (Lipinski definition) is 2. The molecule has 0 radical (unpaired) electrons. The van der Waals surface area contributed by atoms with E-state index < -0.39 is 0 Å². The molecule has 102 valence electrons. The van der Waals surface area contributed by atoms with Gasteiger partial charge in [-0.15, -0.1) is 0 Å². The average Bonchev–Trinajstić information content (AvgIpc) is 2.86. The van der Waals surface area contributed by atoms with Crippen LogP contribution in [-0.2, 0) is 6.54 Å². The number of rotatable bonds is 5. The topological polar surface area (TPSA) is 25.2 Å². The number of hydrogen-bond donors (Lipinski definition) is 1. The quantitative estimate of drug-likeness (QED) is 0.839. The lowest BCUT2D eigenvalue weighted by atomic mass is 10.0. The number of halogens is 1. The molecule has 2 rings (SSSR count). The number of benzene rings is 1.